The van der Waals surface area contributed by atoms with Crippen LogP contribution in [0.25, 0.3) is 0 Å². The Hall–Kier alpha value is -1.25. The smallest absolute Gasteiger partial charge is 0.164 e. The number of hydrogen-bond donors (Lipinski definition) is 1. The predicted octanol–water partition coefficient (Wildman–Crippen LogP) is 7.86. The maximum absolute atomic E-state index is 10.6. The third kappa shape index (κ3) is 5.55. The second-order valence-electron chi connectivity index (χ2n) is 18.1. The van der Waals surface area contributed by atoms with Crippen LogP contribution in [-0.4, -0.2) is 57.5 Å². The quantitative estimate of drug-likeness (QED) is 0.318. The van der Waals surface area contributed by atoms with Crippen LogP contribution >= 0.6 is 0 Å². The van der Waals surface area contributed by atoms with Gasteiger partial charge in [-0.1, -0.05) is 25.1 Å². The summed E-state index contributed by atoms with van der Waals surface area (Å²) < 4.78 is 26.4. The Morgan fingerprint density at radius 2 is 1.61 bits per heavy atom. The summed E-state index contributed by atoms with van der Waals surface area (Å²) in [6, 6.07) is 0. The molecular formula is C37H59NO6. The number of rotatable bonds is 5. The molecule has 248 valence electrons. The van der Waals surface area contributed by atoms with Gasteiger partial charge in [-0.05, 0) is 148 Å². The molecule has 0 aromatic rings. The van der Waals surface area contributed by atoms with Crippen LogP contribution in [0.1, 0.15) is 128 Å². The Bertz CT molecular complexity index is 1250. The van der Waals surface area contributed by atoms with Gasteiger partial charge < -0.3 is 28.9 Å². The van der Waals surface area contributed by atoms with Crippen molar-refractivity contribution in [2.75, 3.05) is 0 Å². The van der Waals surface area contributed by atoms with Gasteiger partial charge in [-0.3, -0.25) is 0 Å². The molecule has 2 saturated heterocycles. The van der Waals surface area contributed by atoms with Crippen molar-refractivity contribution < 1.29 is 28.9 Å². The molecule has 2 saturated carbocycles. The van der Waals surface area contributed by atoms with Crippen LogP contribution in [0.5, 0.6) is 0 Å². The van der Waals surface area contributed by atoms with E-state index in [1.165, 1.54) is 11.1 Å². The van der Waals surface area contributed by atoms with Gasteiger partial charge in [-0.15, -0.1) is 0 Å². The summed E-state index contributed by atoms with van der Waals surface area (Å²) in [5, 5.41) is 15.5. The maximum Gasteiger partial charge on any atom is 0.164 e. The van der Waals surface area contributed by atoms with Crippen LogP contribution in [0.4, 0.5) is 0 Å². The van der Waals surface area contributed by atoms with Gasteiger partial charge in [-0.2, -0.15) is 0 Å². The average molecular weight is 614 g/mol. The second kappa shape index (κ2) is 10.1. The molecule has 4 aliphatic carbocycles. The zero-order valence-corrected chi connectivity index (χ0v) is 29.5. The van der Waals surface area contributed by atoms with E-state index in [1.807, 2.05) is 41.5 Å². The van der Waals surface area contributed by atoms with Gasteiger partial charge in [0.1, 0.15) is 5.60 Å². The van der Waals surface area contributed by atoms with Crippen LogP contribution in [0, 0.1) is 28.6 Å². The summed E-state index contributed by atoms with van der Waals surface area (Å²) >= 11 is 0. The molecule has 0 radical (unpaired) electrons. The van der Waals surface area contributed by atoms with Crippen molar-refractivity contribution in [2.24, 2.45) is 33.7 Å². The molecule has 6 aliphatic rings. The Balaban J connectivity index is 1.36. The highest BCUT2D eigenvalue weighted by atomic mass is 16.8. The summed E-state index contributed by atoms with van der Waals surface area (Å²) in [4.78, 5) is 6.14. The first-order chi connectivity index (χ1) is 20.1. The lowest BCUT2D eigenvalue weighted by atomic mass is 9.47. The van der Waals surface area contributed by atoms with E-state index in [0.717, 1.165) is 44.2 Å². The van der Waals surface area contributed by atoms with Gasteiger partial charge in [-0.25, -0.2) is 0 Å². The van der Waals surface area contributed by atoms with Crippen LogP contribution in [0.15, 0.2) is 28.5 Å². The first-order valence-corrected chi connectivity index (χ1v) is 17.2. The minimum atomic E-state index is -0.746. The van der Waals surface area contributed by atoms with Crippen LogP contribution in [0.2, 0.25) is 0 Å². The van der Waals surface area contributed by atoms with Gasteiger partial charge >= 0.3 is 0 Å². The van der Waals surface area contributed by atoms with Crippen LogP contribution in [-0.2, 0) is 23.8 Å². The Labute approximate surface area is 266 Å². The summed E-state index contributed by atoms with van der Waals surface area (Å²) in [5.41, 5.74) is 2.29. The number of ether oxygens (including phenoxy) is 4. The fourth-order valence-electron chi connectivity index (χ4n) is 10.1. The highest BCUT2D eigenvalue weighted by Crippen LogP contribution is 2.67. The molecule has 2 aliphatic heterocycles. The molecule has 0 unspecified atom stereocenters. The van der Waals surface area contributed by atoms with Gasteiger partial charge in [0.15, 0.2) is 11.6 Å². The topological polar surface area (TPSA) is 78.7 Å². The lowest BCUT2D eigenvalue weighted by Crippen LogP contribution is -2.56. The fourth-order valence-corrected chi connectivity index (χ4v) is 10.1. The first-order valence-electron chi connectivity index (χ1n) is 17.2. The molecule has 4 fully saturated rings. The predicted molar refractivity (Wildman–Crippen MR) is 172 cm³/mol. The van der Waals surface area contributed by atoms with E-state index in [0.29, 0.717) is 12.3 Å². The molecule has 2 heterocycles. The van der Waals surface area contributed by atoms with Crippen LogP contribution in [0.3, 0.4) is 0 Å². The Morgan fingerprint density at radius 1 is 0.932 bits per heavy atom. The molecule has 7 heteroatoms. The minimum absolute atomic E-state index is 0.0104. The van der Waals surface area contributed by atoms with Crippen molar-refractivity contribution in [1.82, 2.24) is 0 Å². The second-order valence-corrected chi connectivity index (χ2v) is 18.1. The lowest BCUT2D eigenvalue weighted by molar-refractivity contribution is -0.177. The number of aliphatic hydroxyl groups is 1. The Kier molecular flexibility index (Phi) is 7.52. The third-order valence-electron chi connectivity index (χ3n) is 11.9. The number of allylic oxidation sites excluding steroid dienone is 4. The van der Waals surface area contributed by atoms with Gasteiger partial charge in [0, 0.05) is 11.8 Å². The molecule has 0 bridgehead atoms. The largest absolute Gasteiger partial charge is 0.390 e. The van der Waals surface area contributed by atoms with E-state index in [2.05, 4.69) is 53.7 Å². The Morgan fingerprint density at radius 3 is 2.27 bits per heavy atom. The van der Waals surface area contributed by atoms with E-state index in [1.54, 1.807) is 0 Å². The summed E-state index contributed by atoms with van der Waals surface area (Å²) in [5.74, 6) is -0.297. The summed E-state index contributed by atoms with van der Waals surface area (Å²) in [6.45, 7) is 25.3. The number of nitrogens with zero attached hydrogens (tertiary/aromatic N) is 1. The normalized spacial score (nSPS) is 45.2. The molecule has 9 atom stereocenters. The minimum Gasteiger partial charge on any atom is -0.390 e. The first kappa shape index (κ1) is 32.7. The molecule has 6 rings (SSSR count). The summed E-state index contributed by atoms with van der Waals surface area (Å²) in [6.07, 6.45) is 11.4. The maximum atomic E-state index is 10.6. The zero-order valence-electron chi connectivity index (χ0n) is 29.5. The van der Waals surface area contributed by atoms with Crippen molar-refractivity contribution in [1.29, 1.82) is 0 Å². The molecule has 0 aromatic carbocycles. The number of oxime groups is 1. The molecule has 0 amide bonds. The van der Waals surface area contributed by atoms with E-state index < -0.39 is 22.8 Å². The monoisotopic (exact) mass is 613 g/mol. The number of fused-ring (bicyclic) bond motifs is 6. The van der Waals surface area contributed by atoms with Crippen molar-refractivity contribution in [3.8, 4) is 0 Å². The standard InChI is InChI=1S/C37H59NO6/c1-31(2,3)44-38-26-19-22-23-13-14-29(37(12)30(16-17-32(4,5)39)42-34(8,9)43-37)35(23,10)18-15-24(22)36(11)21-28-27(20-25(26)36)40-33(6,7)41-28/h13,19,24-25,27-30,39H,14-18,20-21H2,1-12H3/b38-26-/t24-,25-,27+,28-,29-,30+,35-,36+,37+/m0/s1. The fraction of sp³-hybridized carbons (Fsp3) is 0.865. The van der Waals surface area contributed by atoms with Gasteiger partial charge in [0.05, 0.1) is 35.2 Å². The van der Waals surface area contributed by atoms with Crippen molar-refractivity contribution in [2.45, 2.75) is 175 Å². The van der Waals surface area contributed by atoms with Crippen LogP contribution < -0.4 is 0 Å². The van der Waals surface area contributed by atoms with E-state index in [9.17, 15) is 5.11 Å². The lowest BCUT2D eigenvalue weighted by Gasteiger charge is -2.57. The van der Waals surface area contributed by atoms with Crippen molar-refractivity contribution in [3.63, 3.8) is 0 Å². The molecular weight excluding hydrogens is 554 g/mol. The van der Waals surface area contributed by atoms with Crippen molar-refractivity contribution in [3.05, 3.63) is 23.3 Å². The highest BCUT2D eigenvalue weighted by molar-refractivity contribution is 6.00. The molecule has 0 aromatic heterocycles. The van der Waals surface area contributed by atoms with E-state index >= 15 is 0 Å². The van der Waals surface area contributed by atoms with Gasteiger partial charge in [0.25, 0.3) is 0 Å². The molecule has 7 nitrogen and oxygen atoms in total. The molecule has 1 N–H and O–H groups in total. The zero-order chi connectivity index (χ0) is 32.3. The SMILES string of the molecule is CC(C)(O)CC[C@H]1OC(C)(C)O[C@]1(C)[C@H]1CC=C2C3=C/C(=N/OC(C)(C)C)[C@@H]4C[C@H]5OC(C)(C)O[C@H]5C[C@]4(C)[C@H]3CC[C@@]21C. The summed E-state index contributed by atoms with van der Waals surface area (Å²) in [7, 11) is 0. The average Bonchev–Trinajstić information content (AvgIpc) is 3.44. The van der Waals surface area contributed by atoms with Crippen molar-refractivity contribution >= 4 is 5.71 Å². The third-order valence-corrected chi connectivity index (χ3v) is 11.9. The van der Waals surface area contributed by atoms with Gasteiger partial charge in [0.2, 0.25) is 0 Å². The number of hydrogen-bond acceptors (Lipinski definition) is 7. The molecule has 44 heavy (non-hydrogen) atoms. The molecule has 0 spiro atoms. The van der Waals surface area contributed by atoms with E-state index in [4.69, 9.17) is 28.9 Å². The van der Waals surface area contributed by atoms with E-state index in [-0.39, 0.29) is 46.6 Å². The highest BCUT2D eigenvalue weighted by Gasteiger charge is 2.65.